The SMILES string of the molecule is CN1[C@@H]2CC[C@H]1CC(Oc1nc(-c3ccccc3)nc3ccccc13)C2. The monoisotopic (exact) mass is 345 g/mol. The van der Waals surface area contributed by atoms with Crippen LogP contribution in [0.5, 0.6) is 5.88 Å². The fourth-order valence-electron chi connectivity index (χ4n) is 4.47. The van der Waals surface area contributed by atoms with E-state index in [4.69, 9.17) is 14.7 Å². The molecule has 26 heavy (non-hydrogen) atoms. The third kappa shape index (κ3) is 2.74. The molecule has 1 aromatic heterocycles. The van der Waals surface area contributed by atoms with E-state index < -0.39 is 0 Å². The molecule has 2 fully saturated rings. The van der Waals surface area contributed by atoms with Crippen LogP contribution >= 0.6 is 0 Å². The molecule has 4 heteroatoms. The first-order valence-electron chi connectivity index (χ1n) is 9.49. The molecule has 5 rings (SSSR count). The molecule has 0 amide bonds. The second-order valence-corrected chi connectivity index (χ2v) is 7.50. The number of nitrogens with zero attached hydrogens (tertiary/aromatic N) is 3. The summed E-state index contributed by atoms with van der Waals surface area (Å²) in [7, 11) is 2.26. The van der Waals surface area contributed by atoms with E-state index in [1.54, 1.807) is 0 Å². The maximum atomic E-state index is 6.48. The predicted octanol–water partition coefficient (Wildman–Crippen LogP) is 4.30. The Kier molecular flexibility index (Phi) is 3.86. The third-order valence-electron chi connectivity index (χ3n) is 5.93. The van der Waals surface area contributed by atoms with E-state index in [0.29, 0.717) is 12.1 Å². The van der Waals surface area contributed by atoms with Gasteiger partial charge in [0, 0.05) is 17.6 Å². The van der Waals surface area contributed by atoms with E-state index in [1.165, 1.54) is 12.8 Å². The average Bonchev–Trinajstić information content (AvgIpc) is 2.90. The van der Waals surface area contributed by atoms with Crippen LogP contribution in [0.1, 0.15) is 25.7 Å². The van der Waals surface area contributed by atoms with Gasteiger partial charge in [-0.05, 0) is 44.9 Å². The lowest BCUT2D eigenvalue weighted by Crippen LogP contribution is -2.43. The van der Waals surface area contributed by atoms with Crippen LogP contribution in [0.15, 0.2) is 54.6 Å². The average molecular weight is 345 g/mol. The molecule has 3 atom stereocenters. The summed E-state index contributed by atoms with van der Waals surface area (Å²) in [6, 6.07) is 19.6. The molecule has 0 radical (unpaired) electrons. The number of ether oxygens (including phenoxy) is 1. The molecule has 2 bridgehead atoms. The highest BCUT2D eigenvalue weighted by Crippen LogP contribution is 2.37. The van der Waals surface area contributed by atoms with Crippen LogP contribution in [-0.4, -0.2) is 40.1 Å². The number of piperidine rings is 1. The Morgan fingerprint density at radius 1 is 0.885 bits per heavy atom. The maximum absolute atomic E-state index is 6.48. The second-order valence-electron chi connectivity index (χ2n) is 7.50. The van der Waals surface area contributed by atoms with Crippen LogP contribution in [0.2, 0.25) is 0 Å². The standard InChI is InChI=1S/C22H23N3O/c1-25-16-11-12-17(25)14-18(13-16)26-22-19-9-5-6-10-20(19)23-21(24-22)15-7-3-2-4-8-15/h2-10,16-18H,11-14H2,1H3/t16-,17+,18?. The smallest absolute Gasteiger partial charge is 0.225 e. The van der Waals surface area contributed by atoms with E-state index >= 15 is 0 Å². The molecular weight excluding hydrogens is 322 g/mol. The highest BCUT2D eigenvalue weighted by Gasteiger charge is 2.39. The minimum atomic E-state index is 0.241. The van der Waals surface area contributed by atoms with E-state index in [-0.39, 0.29) is 6.10 Å². The van der Waals surface area contributed by atoms with Gasteiger partial charge in [-0.2, -0.15) is 4.98 Å². The number of hydrogen-bond acceptors (Lipinski definition) is 4. The molecule has 2 aliphatic heterocycles. The normalized spacial score (nSPS) is 25.5. The number of hydrogen-bond donors (Lipinski definition) is 0. The van der Waals surface area contributed by atoms with Crippen molar-refractivity contribution in [2.45, 2.75) is 43.9 Å². The van der Waals surface area contributed by atoms with Gasteiger partial charge in [0.25, 0.3) is 0 Å². The number of benzene rings is 2. The summed E-state index contributed by atoms with van der Waals surface area (Å²) in [5, 5.41) is 0.999. The van der Waals surface area contributed by atoms with Crippen LogP contribution in [0.25, 0.3) is 22.3 Å². The Labute approximate surface area is 153 Å². The van der Waals surface area contributed by atoms with Crippen molar-refractivity contribution >= 4 is 10.9 Å². The third-order valence-corrected chi connectivity index (χ3v) is 5.93. The minimum absolute atomic E-state index is 0.241. The molecule has 2 saturated heterocycles. The predicted molar refractivity (Wildman–Crippen MR) is 103 cm³/mol. The molecule has 1 unspecified atom stereocenters. The second kappa shape index (κ2) is 6.36. The Balaban J connectivity index is 1.52. The number of fused-ring (bicyclic) bond motifs is 3. The molecule has 132 valence electrons. The zero-order valence-corrected chi connectivity index (χ0v) is 15.0. The van der Waals surface area contributed by atoms with Gasteiger partial charge in [-0.15, -0.1) is 0 Å². The van der Waals surface area contributed by atoms with E-state index in [1.807, 2.05) is 48.5 Å². The number of rotatable bonds is 3. The largest absolute Gasteiger partial charge is 0.474 e. The first-order valence-corrected chi connectivity index (χ1v) is 9.49. The summed E-state index contributed by atoms with van der Waals surface area (Å²) in [5.74, 6) is 1.46. The van der Waals surface area contributed by atoms with Gasteiger partial charge < -0.3 is 9.64 Å². The lowest BCUT2D eigenvalue weighted by molar-refractivity contribution is 0.0643. The summed E-state index contributed by atoms with van der Waals surface area (Å²) in [5.41, 5.74) is 1.96. The Bertz CT molecular complexity index is 913. The molecule has 0 saturated carbocycles. The zero-order valence-electron chi connectivity index (χ0n) is 15.0. The molecule has 3 aromatic rings. The van der Waals surface area contributed by atoms with Crippen LogP contribution in [0, 0.1) is 0 Å². The first kappa shape index (κ1) is 15.8. The van der Waals surface area contributed by atoms with Gasteiger partial charge in [-0.25, -0.2) is 4.98 Å². The fraction of sp³-hybridized carbons (Fsp3) is 0.364. The molecule has 0 N–H and O–H groups in total. The summed E-state index contributed by atoms with van der Waals surface area (Å²) < 4.78 is 6.48. The molecule has 4 nitrogen and oxygen atoms in total. The summed E-state index contributed by atoms with van der Waals surface area (Å²) >= 11 is 0. The molecule has 0 spiro atoms. The zero-order chi connectivity index (χ0) is 17.5. The topological polar surface area (TPSA) is 38.2 Å². The lowest BCUT2D eigenvalue weighted by Gasteiger charge is -2.36. The number of para-hydroxylation sites is 1. The molecule has 2 aliphatic rings. The van der Waals surface area contributed by atoms with Crippen molar-refractivity contribution in [2.24, 2.45) is 0 Å². The van der Waals surface area contributed by atoms with Gasteiger partial charge in [0.2, 0.25) is 5.88 Å². The van der Waals surface area contributed by atoms with Gasteiger partial charge in [0.15, 0.2) is 5.82 Å². The van der Waals surface area contributed by atoms with Crippen molar-refractivity contribution in [3.05, 3.63) is 54.6 Å². The van der Waals surface area contributed by atoms with Crippen molar-refractivity contribution in [3.63, 3.8) is 0 Å². The lowest BCUT2D eigenvalue weighted by atomic mass is 10.0. The number of aromatic nitrogens is 2. The van der Waals surface area contributed by atoms with Gasteiger partial charge in [0.05, 0.1) is 10.9 Å². The Hall–Kier alpha value is -2.46. The summed E-state index contributed by atoms with van der Waals surface area (Å²) in [4.78, 5) is 12.1. The van der Waals surface area contributed by atoms with Crippen LogP contribution in [0.4, 0.5) is 0 Å². The molecule has 3 heterocycles. The maximum Gasteiger partial charge on any atom is 0.225 e. The van der Waals surface area contributed by atoms with E-state index in [2.05, 4.69) is 18.0 Å². The Morgan fingerprint density at radius 3 is 2.35 bits per heavy atom. The van der Waals surface area contributed by atoms with Gasteiger partial charge in [0.1, 0.15) is 6.10 Å². The Morgan fingerprint density at radius 2 is 1.58 bits per heavy atom. The van der Waals surface area contributed by atoms with Crippen molar-refractivity contribution in [3.8, 4) is 17.3 Å². The van der Waals surface area contributed by atoms with Crippen LogP contribution in [-0.2, 0) is 0 Å². The van der Waals surface area contributed by atoms with Crippen molar-refractivity contribution < 1.29 is 4.74 Å². The molecule has 2 aromatic carbocycles. The van der Waals surface area contributed by atoms with Crippen LogP contribution in [0.3, 0.4) is 0 Å². The fourth-order valence-corrected chi connectivity index (χ4v) is 4.47. The van der Waals surface area contributed by atoms with Crippen molar-refractivity contribution in [2.75, 3.05) is 7.05 Å². The van der Waals surface area contributed by atoms with Crippen LogP contribution < -0.4 is 4.74 Å². The van der Waals surface area contributed by atoms with E-state index in [9.17, 15) is 0 Å². The highest BCUT2D eigenvalue weighted by atomic mass is 16.5. The van der Waals surface area contributed by atoms with Crippen molar-refractivity contribution in [1.82, 2.24) is 14.9 Å². The van der Waals surface area contributed by atoms with Gasteiger partial charge in [-0.3, -0.25) is 0 Å². The van der Waals surface area contributed by atoms with Crippen molar-refractivity contribution in [1.29, 1.82) is 0 Å². The summed E-state index contributed by atoms with van der Waals surface area (Å²) in [6.07, 6.45) is 5.00. The van der Waals surface area contributed by atoms with Gasteiger partial charge >= 0.3 is 0 Å². The highest BCUT2D eigenvalue weighted by molar-refractivity contribution is 5.85. The quantitative estimate of drug-likeness (QED) is 0.709. The van der Waals surface area contributed by atoms with E-state index in [0.717, 1.165) is 41.0 Å². The summed E-state index contributed by atoms with van der Waals surface area (Å²) in [6.45, 7) is 0. The first-order chi connectivity index (χ1) is 12.8. The molecular formula is C22H23N3O. The molecule has 0 aliphatic carbocycles. The van der Waals surface area contributed by atoms with Gasteiger partial charge in [-0.1, -0.05) is 42.5 Å². The minimum Gasteiger partial charge on any atom is -0.474 e.